The number of aliphatic imine (C=N–C) groups is 1. The highest BCUT2D eigenvalue weighted by Crippen LogP contribution is 2.25. The van der Waals surface area contributed by atoms with E-state index in [1.807, 2.05) is 18.8 Å². The minimum Gasteiger partial charge on any atom is -0.364 e. The second-order valence-electron chi connectivity index (χ2n) is 4.56. The predicted molar refractivity (Wildman–Crippen MR) is 71.2 cm³/mol. The molecule has 1 N–H and O–H groups in total. The first kappa shape index (κ1) is 12.4. The van der Waals surface area contributed by atoms with E-state index in [0.29, 0.717) is 11.2 Å². The molecule has 0 fully saturated rings. The first-order valence-electron chi connectivity index (χ1n) is 5.94. The zero-order valence-electron chi connectivity index (χ0n) is 10.6. The van der Waals surface area contributed by atoms with Crippen molar-refractivity contribution in [3.8, 4) is 0 Å². The van der Waals surface area contributed by atoms with E-state index < -0.39 is 0 Å². The Kier molecular flexibility index (Phi) is 4.04. The highest BCUT2D eigenvalue weighted by molar-refractivity contribution is 8.14. The van der Waals surface area contributed by atoms with E-state index in [9.17, 15) is 0 Å². The van der Waals surface area contributed by atoms with Crippen molar-refractivity contribution in [2.75, 3.05) is 13.1 Å². The van der Waals surface area contributed by atoms with Gasteiger partial charge >= 0.3 is 0 Å². The highest BCUT2D eigenvalue weighted by Gasteiger charge is 2.21. The first-order valence-corrected chi connectivity index (χ1v) is 6.82. The lowest BCUT2D eigenvalue weighted by Gasteiger charge is -2.11. The molecule has 0 radical (unpaired) electrons. The summed E-state index contributed by atoms with van der Waals surface area (Å²) < 4.78 is 1.73. The molecule has 6 heteroatoms. The van der Waals surface area contributed by atoms with Crippen molar-refractivity contribution in [1.29, 1.82) is 0 Å². The average molecular weight is 253 g/mol. The van der Waals surface area contributed by atoms with Crippen LogP contribution in [0.25, 0.3) is 0 Å². The van der Waals surface area contributed by atoms with Crippen LogP contribution in [0.3, 0.4) is 0 Å². The summed E-state index contributed by atoms with van der Waals surface area (Å²) in [5, 5.41) is 9.28. The Morgan fingerprint density at radius 3 is 3.00 bits per heavy atom. The third kappa shape index (κ3) is 3.46. The topological polar surface area (TPSA) is 55.1 Å². The Labute approximate surface area is 106 Å². The van der Waals surface area contributed by atoms with E-state index in [-0.39, 0.29) is 0 Å². The molecular weight excluding hydrogens is 234 g/mol. The third-order valence-electron chi connectivity index (χ3n) is 2.69. The highest BCUT2D eigenvalue weighted by atomic mass is 32.2. The molecule has 0 saturated carbocycles. The van der Waals surface area contributed by atoms with Gasteiger partial charge in [0.25, 0.3) is 0 Å². The molecule has 0 spiro atoms. The van der Waals surface area contributed by atoms with E-state index >= 15 is 0 Å². The molecule has 0 amide bonds. The lowest BCUT2D eigenvalue weighted by atomic mass is 10.1. The summed E-state index contributed by atoms with van der Waals surface area (Å²) in [5.74, 6) is 1.56. The molecular formula is C11H19N5S. The van der Waals surface area contributed by atoms with Crippen molar-refractivity contribution in [3.63, 3.8) is 0 Å². The lowest BCUT2D eigenvalue weighted by Crippen LogP contribution is -2.23. The van der Waals surface area contributed by atoms with Crippen LogP contribution in [0.2, 0.25) is 0 Å². The lowest BCUT2D eigenvalue weighted by molar-refractivity contribution is 0.621. The van der Waals surface area contributed by atoms with Gasteiger partial charge in [0.05, 0.1) is 6.54 Å². The van der Waals surface area contributed by atoms with Gasteiger partial charge in [-0.05, 0) is 5.92 Å². The molecule has 5 nitrogen and oxygen atoms in total. The summed E-state index contributed by atoms with van der Waals surface area (Å²) in [6, 6.07) is 0. The van der Waals surface area contributed by atoms with E-state index in [0.717, 1.165) is 30.5 Å². The molecule has 17 heavy (non-hydrogen) atoms. The van der Waals surface area contributed by atoms with Gasteiger partial charge in [0, 0.05) is 25.3 Å². The average Bonchev–Trinajstić information content (AvgIpc) is 2.88. The van der Waals surface area contributed by atoms with Crippen molar-refractivity contribution < 1.29 is 0 Å². The molecule has 1 atom stereocenters. The minimum absolute atomic E-state index is 0.630. The fourth-order valence-electron chi connectivity index (χ4n) is 1.61. The second kappa shape index (κ2) is 5.53. The Morgan fingerprint density at radius 2 is 2.41 bits per heavy atom. The summed E-state index contributed by atoms with van der Waals surface area (Å²) >= 11 is 1.85. The van der Waals surface area contributed by atoms with Crippen LogP contribution in [0.4, 0.5) is 0 Å². The summed E-state index contributed by atoms with van der Waals surface area (Å²) in [6.45, 7) is 6.27. The van der Waals surface area contributed by atoms with E-state index in [4.69, 9.17) is 0 Å². The van der Waals surface area contributed by atoms with Crippen LogP contribution in [0.1, 0.15) is 19.7 Å². The number of nitrogens with one attached hydrogen (secondary N) is 1. The van der Waals surface area contributed by atoms with Crippen molar-refractivity contribution in [1.82, 2.24) is 20.1 Å². The van der Waals surface area contributed by atoms with Crippen molar-refractivity contribution in [3.05, 3.63) is 12.2 Å². The number of hydrogen-bond acceptors (Lipinski definition) is 5. The SMILES string of the molecule is CC(C)C1CN=C(NCCc2ncn(C)n2)S1. The van der Waals surface area contributed by atoms with E-state index in [1.54, 1.807) is 11.0 Å². The van der Waals surface area contributed by atoms with Crippen LogP contribution in [-0.4, -0.2) is 38.3 Å². The number of amidine groups is 1. The van der Waals surface area contributed by atoms with Gasteiger partial charge < -0.3 is 5.32 Å². The fraction of sp³-hybridized carbons (Fsp3) is 0.727. The molecule has 0 bridgehead atoms. The van der Waals surface area contributed by atoms with Gasteiger partial charge in [0.15, 0.2) is 11.0 Å². The molecule has 1 aliphatic rings. The molecule has 1 unspecified atom stereocenters. The molecule has 1 aromatic heterocycles. The Bertz CT molecular complexity index is 398. The molecule has 94 valence electrons. The predicted octanol–water partition coefficient (Wildman–Crippen LogP) is 1.07. The van der Waals surface area contributed by atoms with Crippen molar-refractivity contribution in [2.45, 2.75) is 25.5 Å². The number of thioether (sulfide) groups is 1. The maximum absolute atomic E-state index is 4.50. The number of nitrogens with zero attached hydrogens (tertiary/aromatic N) is 4. The summed E-state index contributed by atoms with van der Waals surface area (Å²) in [6.07, 6.45) is 2.57. The number of rotatable bonds is 4. The standard InChI is InChI=1S/C11H19N5S/c1-8(2)9-6-13-11(17-9)12-5-4-10-14-7-16(3)15-10/h7-9H,4-6H2,1-3H3,(H,12,13). The number of hydrogen-bond donors (Lipinski definition) is 1. The van der Waals surface area contributed by atoms with Gasteiger partial charge in [0.1, 0.15) is 6.33 Å². The monoisotopic (exact) mass is 253 g/mol. The van der Waals surface area contributed by atoms with E-state index in [1.165, 1.54) is 0 Å². The molecule has 1 aliphatic heterocycles. The van der Waals surface area contributed by atoms with Crippen LogP contribution >= 0.6 is 11.8 Å². The van der Waals surface area contributed by atoms with Gasteiger partial charge in [-0.1, -0.05) is 25.6 Å². The van der Waals surface area contributed by atoms with Crippen molar-refractivity contribution in [2.24, 2.45) is 18.0 Å². The normalized spacial score (nSPS) is 19.8. The maximum atomic E-state index is 4.50. The van der Waals surface area contributed by atoms with E-state index in [2.05, 4.69) is 34.2 Å². The summed E-state index contributed by atoms with van der Waals surface area (Å²) in [5.41, 5.74) is 0. The maximum Gasteiger partial charge on any atom is 0.156 e. The molecule has 2 rings (SSSR count). The van der Waals surface area contributed by atoms with Gasteiger partial charge in [0.2, 0.25) is 0 Å². The Morgan fingerprint density at radius 1 is 1.59 bits per heavy atom. The van der Waals surface area contributed by atoms with Gasteiger partial charge in [-0.3, -0.25) is 9.67 Å². The molecule has 0 saturated heterocycles. The Balaban J connectivity index is 1.70. The van der Waals surface area contributed by atoms with Gasteiger partial charge in [-0.15, -0.1) is 0 Å². The van der Waals surface area contributed by atoms with Crippen LogP contribution in [0.5, 0.6) is 0 Å². The molecule has 1 aromatic rings. The van der Waals surface area contributed by atoms with Crippen LogP contribution in [-0.2, 0) is 13.5 Å². The molecule has 2 heterocycles. The van der Waals surface area contributed by atoms with Gasteiger partial charge in [-0.25, -0.2) is 4.98 Å². The second-order valence-corrected chi connectivity index (χ2v) is 5.79. The quantitative estimate of drug-likeness (QED) is 0.872. The van der Waals surface area contributed by atoms with Crippen molar-refractivity contribution >= 4 is 16.9 Å². The van der Waals surface area contributed by atoms with Crippen LogP contribution < -0.4 is 5.32 Å². The third-order valence-corrected chi connectivity index (χ3v) is 4.19. The molecule has 0 aliphatic carbocycles. The summed E-state index contributed by atoms with van der Waals surface area (Å²) in [4.78, 5) is 8.69. The van der Waals surface area contributed by atoms with Crippen LogP contribution in [0, 0.1) is 5.92 Å². The smallest absolute Gasteiger partial charge is 0.156 e. The summed E-state index contributed by atoms with van der Waals surface area (Å²) in [7, 11) is 1.88. The largest absolute Gasteiger partial charge is 0.364 e. The number of aryl methyl sites for hydroxylation is 1. The fourth-order valence-corrected chi connectivity index (χ4v) is 2.66. The first-order chi connectivity index (χ1) is 8.15. The zero-order chi connectivity index (χ0) is 12.3. The minimum atomic E-state index is 0.630. The van der Waals surface area contributed by atoms with Crippen LogP contribution in [0.15, 0.2) is 11.3 Å². The molecule has 0 aromatic carbocycles. The number of aromatic nitrogens is 3. The zero-order valence-corrected chi connectivity index (χ0v) is 11.4. The van der Waals surface area contributed by atoms with Gasteiger partial charge in [-0.2, -0.15) is 5.10 Å². The Hall–Kier alpha value is -1.04.